The van der Waals surface area contributed by atoms with Crippen LogP contribution < -0.4 is 10.6 Å². The minimum absolute atomic E-state index is 0.00176. The van der Waals surface area contributed by atoms with E-state index in [1.165, 1.54) is 0 Å². The van der Waals surface area contributed by atoms with E-state index in [9.17, 15) is 4.79 Å². The summed E-state index contributed by atoms with van der Waals surface area (Å²) in [6, 6.07) is 10.2. The molecule has 1 unspecified atom stereocenters. The number of nitriles is 2. The molecule has 1 aromatic carbocycles. The van der Waals surface area contributed by atoms with Crippen molar-refractivity contribution in [1.29, 1.82) is 10.5 Å². The minimum Gasteiger partial charge on any atom is -0.374 e. The third kappa shape index (κ3) is 3.84. The summed E-state index contributed by atoms with van der Waals surface area (Å²) in [7, 11) is 0. The van der Waals surface area contributed by atoms with Crippen molar-refractivity contribution >= 4 is 11.6 Å². The Morgan fingerprint density at radius 2 is 2.00 bits per heavy atom. The Kier molecular flexibility index (Phi) is 4.53. The third-order valence-corrected chi connectivity index (χ3v) is 2.13. The molecular formula is C12H12N4O. The molecule has 0 saturated carbocycles. The standard InChI is InChI=1S/C12H12N4O/c1-9(12(17)15-7-6-13)16-11-4-2-10(8-14)3-5-11/h2-5,9,16H,7H2,1H3,(H,15,17). The minimum atomic E-state index is -0.434. The molecule has 0 bridgehead atoms. The van der Waals surface area contributed by atoms with Gasteiger partial charge >= 0.3 is 0 Å². The number of anilines is 1. The van der Waals surface area contributed by atoms with E-state index in [4.69, 9.17) is 10.5 Å². The number of nitrogens with one attached hydrogen (secondary N) is 2. The summed E-state index contributed by atoms with van der Waals surface area (Å²) >= 11 is 0. The van der Waals surface area contributed by atoms with Crippen molar-refractivity contribution in [3.05, 3.63) is 29.8 Å². The molecule has 5 nitrogen and oxygen atoms in total. The Morgan fingerprint density at radius 3 is 2.53 bits per heavy atom. The normalized spacial score (nSPS) is 10.8. The molecule has 1 aromatic rings. The summed E-state index contributed by atoms with van der Waals surface area (Å²) in [5.74, 6) is -0.240. The highest BCUT2D eigenvalue weighted by molar-refractivity contribution is 5.84. The van der Waals surface area contributed by atoms with Crippen LogP contribution in [0.2, 0.25) is 0 Å². The second-order valence-corrected chi connectivity index (χ2v) is 3.43. The van der Waals surface area contributed by atoms with Crippen molar-refractivity contribution in [1.82, 2.24) is 5.32 Å². The number of carbonyl (C=O) groups excluding carboxylic acids is 1. The number of benzene rings is 1. The van der Waals surface area contributed by atoms with Crippen LogP contribution in [-0.4, -0.2) is 18.5 Å². The average molecular weight is 228 g/mol. The van der Waals surface area contributed by atoms with E-state index in [-0.39, 0.29) is 12.5 Å². The van der Waals surface area contributed by atoms with Crippen LogP contribution in [0.5, 0.6) is 0 Å². The molecule has 0 spiro atoms. The molecule has 0 aromatic heterocycles. The summed E-state index contributed by atoms with van der Waals surface area (Å²) in [5, 5.41) is 22.4. The lowest BCUT2D eigenvalue weighted by Crippen LogP contribution is -2.37. The molecule has 1 amide bonds. The maximum atomic E-state index is 11.5. The lowest BCUT2D eigenvalue weighted by molar-refractivity contribution is -0.121. The molecule has 0 aliphatic carbocycles. The number of amides is 1. The van der Waals surface area contributed by atoms with Crippen molar-refractivity contribution in [3.63, 3.8) is 0 Å². The second-order valence-electron chi connectivity index (χ2n) is 3.43. The van der Waals surface area contributed by atoms with Gasteiger partial charge in [-0.15, -0.1) is 0 Å². The quantitative estimate of drug-likeness (QED) is 0.752. The maximum absolute atomic E-state index is 11.5. The lowest BCUT2D eigenvalue weighted by atomic mass is 10.2. The SMILES string of the molecule is CC(Nc1ccc(C#N)cc1)C(=O)NCC#N. The molecular weight excluding hydrogens is 216 g/mol. The third-order valence-electron chi connectivity index (χ3n) is 2.13. The number of carbonyl (C=O) groups is 1. The van der Waals surface area contributed by atoms with Gasteiger partial charge in [-0.25, -0.2) is 0 Å². The molecule has 0 radical (unpaired) electrons. The Labute approximate surface area is 99.7 Å². The van der Waals surface area contributed by atoms with E-state index in [1.54, 1.807) is 31.2 Å². The maximum Gasteiger partial charge on any atom is 0.243 e. The van der Waals surface area contributed by atoms with Crippen molar-refractivity contribution < 1.29 is 4.79 Å². The van der Waals surface area contributed by atoms with Gasteiger partial charge in [-0.1, -0.05) is 0 Å². The molecule has 5 heteroatoms. The van der Waals surface area contributed by atoms with E-state index in [1.807, 2.05) is 12.1 Å². The van der Waals surface area contributed by atoms with Gasteiger partial charge in [0.15, 0.2) is 0 Å². The van der Waals surface area contributed by atoms with Crippen LogP contribution in [0.25, 0.3) is 0 Å². The highest BCUT2D eigenvalue weighted by Gasteiger charge is 2.11. The van der Waals surface area contributed by atoms with Gasteiger partial charge in [-0.05, 0) is 31.2 Å². The average Bonchev–Trinajstić information content (AvgIpc) is 2.36. The summed E-state index contributed by atoms with van der Waals surface area (Å²) in [6.07, 6.45) is 0. The molecule has 0 aliphatic rings. The number of hydrogen-bond acceptors (Lipinski definition) is 4. The van der Waals surface area contributed by atoms with Crippen LogP contribution in [0.3, 0.4) is 0 Å². The van der Waals surface area contributed by atoms with Gasteiger partial charge < -0.3 is 10.6 Å². The first-order valence-corrected chi connectivity index (χ1v) is 5.08. The summed E-state index contributed by atoms with van der Waals surface area (Å²) in [6.45, 7) is 1.70. The predicted octanol–water partition coefficient (Wildman–Crippen LogP) is 0.998. The Morgan fingerprint density at radius 1 is 1.35 bits per heavy atom. The second kappa shape index (κ2) is 6.14. The zero-order valence-corrected chi connectivity index (χ0v) is 9.40. The first kappa shape index (κ1) is 12.5. The molecule has 17 heavy (non-hydrogen) atoms. The number of nitrogens with zero attached hydrogens (tertiary/aromatic N) is 2. The topological polar surface area (TPSA) is 88.7 Å². The Hall–Kier alpha value is -2.53. The van der Waals surface area contributed by atoms with Crippen LogP contribution in [0, 0.1) is 22.7 Å². The van der Waals surface area contributed by atoms with Gasteiger partial charge in [0.25, 0.3) is 0 Å². The highest BCUT2D eigenvalue weighted by Crippen LogP contribution is 2.09. The number of rotatable bonds is 4. The van der Waals surface area contributed by atoms with E-state index in [0.717, 1.165) is 5.69 Å². The van der Waals surface area contributed by atoms with Gasteiger partial charge in [-0.3, -0.25) is 4.79 Å². The summed E-state index contributed by atoms with van der Waals surface area (Å²) in [5.41, 5.74) is 1.32. The van der Waals surface area contributed by atoms with E-state index in [0.29, 0.717) is 5.56 Å². The fourth-order valence-electron chi connectivity index (χ4n) is 1.24. The summed E-state index contributed by atoms with van der Waals surface area (Å²) < 4.78 is 0. The van der Waals surface area contributed by atoms with Crippen molar-refractivity contribution in [3.8, 4) is 12.1 Å². The van der Waals surface area contributed by atoms with Crippen molar-refractivity contribution in [2.24, 2.45) is 0 Å². The zero-order valence-electron chi connectivity index (χ0n) is 9.40. The molecule has 2 N–H and O–H groups in total. The van der Waals surface area contributed by atoms with E-state index < -0.39 is 6.04 Å². The zero-order chi connectivity index (χ0) is 12.7. The Bertz CT molecular complexity index is 467. The van der Waals surface area contributed by atoms with Crippen LogP contribution in [0.4, 0.5) is 5.69 Å². The van der Waals surface area contributed by atoms with Gasteiger partial charge in [0.1, 0.15) is 12.6 Å². The van der Waals surface area contributed by atoms with Crippen LogP contribution in [-0.2, 0) is 4.79 Å². The molecule has 86 valence electrons. The molecule has 0 fully saturated rings. The summed E-state index contributed by atoms with van der Waals surface area (Å²) in [4.78, 5) is 11.5. The predicted molar refractivity (Wildman–Crippen MR) is 62.9 cm³/mol. The fraction of sp³-hybridized carbons (Fsp3) is 0.250. The molecule has 1 atom stereocenters. The monoisotopic (exact) mass is 228 g/mol. The molecule has 0 aliphatic heterocycles. The van der Waals surface area contributed by atoms with E-state index >= 15 is 0 Å². The van der Waals surface area contributed by atoms with Crippen LogP contribution >= 0.6 is 0 Å². The van der Waals surface area contributed by atoms with Gasteiger partial charge in [0, 0.05) is 5.69 Å². The Balaban J connectivity index is 2.56. The fourth-order valence-corrected chi connectivity index (χ4v) is 1.24. The highest BCUT2D eigenvalue weighted by atomic mass is 16.2. The first-order chi connectivity index (χ1) is 8.17. The first-order valence-electron chi connectivity index (χ1n) is 5.08. The molecule has 1 rings (SSSR count). The smallest absolute Gasteiger partial charge is 0.243 e. The number of hydrogen-bond donors (Lipinski definition) is 2. The van der Waals surface area contributed by atoms with Gasteiger partial charge in [0.2, 0.25) is 5.91 Å². The van der Waals surface area contributed by atoms with Crippen LogP contribution in [0.1, 0.15) is 12.5 Å². The van der Waals surface area contributed by atoms with Crippen molar-refractivity contribution in [2.45, 2.75) is 13.0 Å². The molecule has 0 heterocycles. The molecule has 0 saturated heterocycles. The van der Waals surface area contributed by atoms with E-state index in [2.05, 4.69) is 10.6 Å². The largest absolute Gasteiger partial charge is 0.374 e. The van der Waals surface area contributed by atoms with Crippen molar-refractivity contribution in [2.75, 3.05) is 11.9 Å². The van der Waals surface area contributed by atoms with Gasteiger partial charge in [0.05, 0.1) is 17.7 Å². The lowest BCUT2D eigenvalue weighted by Gasteiger charge is -2.13. The van der Waals surface area contributed by atoms with Gasteiger partial charge in [-0.2, -0.15) is 10.5 Å². The van der Waals surface area contributed by atoms with Crippen LogP contribution in [0.15, 0.2) is 24.3 Å².